The Labute approximate surface area is 120 Å². The zero-order chi connectivity index (χ0) is 14.1. The van der Waals surface area contributed by atoms with E-state index in [1.807, 2.05) is 0 Å². The van der Waals surface area contributed by atoms with Crippen LogP contribution in [0.5, 0.6) is 0 Å². The Morgan fingerprint density at radius 1 is 1.32 bits per heavy atom. The van der Waals surface area contributed by atoms with Gasteiger partial charge in [-0.05, 0) is 50.6 Å². The minimum absolute atomic E-state index is 0.375. The highest BCUT2D eigenvalue weighted by Gasteiger charge is 2.24. The Hall–Kier alpha value is -0.120. The number of nitrogens with one attached hydrogen (secondary N) is 1. The summed E-state index contributed by atoms with van der Waals surface area (Å²) in [5.74, 6) is 0.879. The largest absolute Gasteiger partial charge is 0.380 e. The van der Waals surface area contributed by atoms with Crippen LogP contribution in [-0.2, 0) is 4.74 Å². The van der Waals surface area contributed by atoms with Crippen molar-refractivity contribution < 1.29 is 4.74 Å². The maximum absolute atomic E-state index is 5.72. The van der Waals surface area contributed by atoms with Crippen molar-refractivity contribution in [1.82, 2.24) is 10.2 Å². The molecule has 114 valence electrons. The van der Waals surface area contributed by atoms with Gasteiger partial charge in [0.2, 0.25) is 0 Å². The molecule has 0 amide bonds. The number of hydrogen-bond acceptors (Lipinski definition) is 3. The number of rotatable bonds is 12. The minimum atomic E-state index is 0.375. The van der Waals surface area contributed by atoms with Crippen molar-refractivity contribution in [2.75, 3.05) is 46.4 Å². The molecule has 1 fully saturated rings. The van der Waals surface area contributed by atoms with Crippen LogP contribution >= 0.6 is 0 Å². The first-order valence-electron chi connectivity index (χ1n) is 8.06. The van der Waals surface area contributed by atoms with Crippen LogP contribution in [0, 0.1) is 11.3 Å². The van der Waals surface area contributed by atoms with Gasteiger partial charge in [-0.15, -0.1) is 0 Å². The monoisotopic (exact) mass is 270 g/mol. The fourth-order valence-corrected chi connectivity index (χ4v) is 2.35. The van der Waals surface area contributed by atoms with Gasteiger partial charge in [0.25, 0.3) is 0 Å². The topological polar surface area (TPSA) is 24.5 Å². The van der Waals surface area contributed by atoms with Gasteiger partial charge in [0.15, 0.2) is 0 Å². The SMILES string of the molecule is CCCNCC(C)(CC)CN(C)CCOCC1CC1. The van der Waals surface area contributed by atoms with E-state index < -0.39 is 0 Å². The molecule has 0 bridgehead atoms. The summed E-state index contributed by atoms with van der Waals surface area (Å²) in [7, 11) is 2.22. The first-order chi connectivity index (χ1) is 9.09. The highest BCUT2D eigenvalue weighted by molar-refractivity contribution is 4.79. The zero-order valence-electron chi connectivity index (χ0n) is 13.5. The van der Waals surface area contributed by atoms with Crippen LogP contribution < -0.4 is 5.32 Å². The summed E-state index contributed by atoms with van der Waals surface area (Å²) in [6.45, 7) is 13.2. The van der Waals surface area contributed by atoms with Gasteiger partial charge in [-0.1, -0.05) is 20.8 Å². The molecule has 0 aromatic rings. The van der Waals surface area contributed by atoms with Gasteiger partial charge >= 0.3 is 0 Å². The molecule has 0 aromatic heterocycles. The normalized spacial score (nSPS) is 18.8. The van der Waals surface area contributed by atoms with Gasteiger partial charge in [0.05, 0.1) is 6.61 Å². The molecule has 0 aliphatic heterocycles. The summed E-state index contributed by atoms with van der Waals surface area (Å²) in [6.07, 6.45) is 5.20. The molecule has 3 nitrogen and oxygen atoms in total. The highest BCUT2D eigenvalue weighted by atomic mass is 16.5. The molecule has 1 atom stereocenters. The van der Waals surface area contributed by atoms with Gasteiger partial charge in [0.1, 0.15) is 0 Å². The second-order valence-corrected chi connectivity index (χ2v) is 6.60. The Bertz CT molecular complexity index is 231. The third-order valence-electron chi connectivity index (χ3n) is 4.15. The summed E-state index contributed by atoms with van der Waals surface area (Å²) in [5, 5.41) is 3.56. The van der Waals surface area contributed by atoms with Crippen LogP contribution in [-0.4, -0.2) is 51.3 Å². The maximum Gasteiger partial charge on any atom is 0.0593 e. The van der Waals surface area contributed by atoms with Gasteiger partial charge in [-0.2, -0.15) is 0 Å². The van der Waals surface area contributed by atoms with Crippen molar-refractivity contribution in [2.45, 2.75) is 46.5 Å². The molecule has 0 heterocycles. The van der Waals surface area contributed by atoms with E-state index in [0.717, 1.165) is 45.3 Å². The Kier molecular flexibility index (Phi) is 7.96. The lowest BCUT2D eigenvalue weighted by Crippen LogP contribution is -2.41. The number of nitrogens with zero attached hydrogens (tertiary/aromatic N) is 1. The molecular formula is C16H34N2O. The average molecular weight is 270 g/mol. The highest BCUT2D eigenvalue weighted by Crippen LogP contribution is 2.28. The van der Waals surface area contributed by atoms with Crippen LogP contribution in [0.4, 0.5) is 0 Å². The molecule has 1 saturated carbocycles. The Morgan fingerprint density at radius 2 is 2.05 bits per heavy atom. The summed E-state index contributed by atoms with van der Waals surface area (Å²) in [5.41, 5.74) is 0.375. The molecule has 1 N–H and O–H groups in total. The Balaban J connectivity index is 2.12. The molecular weight excluding hydrogens is 236 g/mol. The average Bonchev–Trinajstić information content (AvgIpc) is 3.19. The van der Waals surface area contributed by atoms with Crippen LogP contribution in [0.3, 0.4) is 0 Å². The minimum Gasteiger partial charge on any atom is -0.380 e. The lowest BCUT2D eigenvalue weighted by molar-refractivity contribution is 0.0882. The lowest BCUT2D eigenvalue weighted by Gasteiger charge is -2.33. The van der Waals surface area contributed by atoms with Gasteiger partial charge in [-0.3, -0.25) is 0 Å². The molecule has 1 rings (SSSR count). The van der Waals surface area contributed by atoms with Crippen LogP contribution in [0.2, 0.25) is 0 Å². The molecule has 1 aliphatic carbocycles. The molecule has 0 aromatic carbocycles. The summed E-state index contributed by atoms with van der Waals surface area (Å²) >= 11 is 0. The number of ether oxygens (including phenoxy) is 1. The quantitative estimate of drug-likeness (QED) is 0.552. The van der Waals surface area contributed by atoms with Crippen molar-refractivity contribution in [3.8, 4) is 0 Å². The third kappa shape index (κ3) is 7.91. The van der Waals surface area contributed by atoms with Crippen LogP contribution in [0.15, 0.2) is 0 Å². The molecule has 0 radical (unpaired) electrons. The first-order valence-corrected chi connectivity index (χ1v) is 8.06. The predicted molar refractivity (Wildman–Crippen MR) is 82.6 cm³/mol. The molecule has 1 aliphatic rings. The van der Waals surface area contributed by atoms with Crippen molar-refractivity contribution in [2.24, 2.45) is 11.3 Å². The van der Waals surface area contributed by atoms with E-state index in [4.69, 9.17) is 4.74 Å². The van der Waals surface area contributed by atoms with E-state index in [-0.39, 0.29) is 0 Å². The first kappa shape index (κ1) is 16.9. The maximum atomic E-state index is 5.72. The lowest BCUT2D eigenvalue weighted by atomic mass is 9.87. The zero-order valence-corrected chi connectivity index (χ0v) is 13.5. The molecule has 3 heteroatoms. The van der Waals surface area contributed by atoms with E-state index in [0.29, 0.717) is 5.41 Å². The Morgan fingerprint density at radius 3 is 2.63 bits per heavy atom. The van der Waals surface area contributed by atoms with Crippen molar-refractivity contribution in [1.29, 1.82) is 0 Å². The second kappa shape index (κ2) is 8.93. The van der Waals surface area contributed by atoms with Gasteiger partial charge in [0, 0.05) is 26.2 Å². The smallest absolute Gasteiger partial charge is 0.0593 e. The molecule has 0 saturated heterocycles. The summed E-state index contributed by atoms with van der Waals surface area (Å²) in [4.78, 5) is 2.42. The van der Waals surface area contributed by atoms with Crippen molar-refractivity contribution >= 4 is 0 Å². The summed E-state index contributed by atoms with van der Waals surface area (Å²) < 4.78 is 5.72. The van der Waals surface area contributed by atoms with E-state index in [1.165, 1.54) is 25.7 Å². The van der Waals surface area contributed by atoms with E-state index >= 15 is 0 Å². The fraction of sp³-hybridized carbons (Fsp3) is 1.00. The standard InChI is InChI=1S/C16H34N2O/c1-5-9-17-13-16(3,6-2)14-18(4)10-11-19-12-15-7-8-15/h15,17H,5-14H2,1-4H3. The van der Waals surface area contributed by atoms with Crippen molar-refractivity contribution in [3.63, 3.8) is 0 Å². The number of likely N-dealkylation sites (N-methyl/N-ethyl adjacent to an activating group) is 1. The van der Waals surface area contributed by atoms with Crippen LogP contribution in [0.1, 0.15) is 46.5 Å². The van der Waals surface area contributed by atoms with E-state index in [1.54, 1.807) is 0 Å². The van der Waals surface area contributed by atoms with Crippen molar-refractivity contribution in [3.05, 3.63) is 0 Å². The predicted octanol–water partition coefficient (Wildman–Crippen LogP) is 2.76. The molecule has 1 unspecified atom stereocenters. The molecule has 19 heavy (non-hydrogen) atoms. The third-order valence-corrected chi connectivity index (χ3v) is 4.15. The summed E-state index contributed by atoms with van der Waals surface area (Å²) in [6, 6.07) is 0. The van der Waals surface area contributed by atoms with E-state index in [9.17, 15) is 0 Å². The van der Waals surface area contributed by atoms with Crippen LogP contribution in [0.25, 0.3) is 0 Å². The molecule has 0 spiro atoms. The van der Waals surface area contributed by atoms with Gasteiger partial charge in [-0.25, -0.2) is 0 Å². The number of hydrogen-bond donors (Lipinski definition) is 1. The second-order valence-electron chi connectivity index (χ2n) is 6.60. The van der Waals surface area contributed by atoms with Gasteiger partial charge < -0.3 is 15.0 Å². The van der Waals surface area contributed by atoms with E-state index in [2.05, 4.69) is 38.0 Å². The fourth-order valence-electron chi connectivity index (χ4n) is 2.35.